The molecule has 8 amide bonds. The molecule has 7 atom stereocenters. The summed E-state index contributed by atoms with van der Waals surface area (Å²) < 4.78 is 0. The molecule has 49 heavy (non-hydrogen) atoms. The van der Waals surface area contributed by atoms with E-state index in [1.54, 1.807) is 13.8 Å². The molecule has 20 nitrogen and oxygen atoms in total. The molecule has 0 spiro atoms. The number of carboxylic acid groups (broad SMARTS) is 2. The molecule has 1 aliphatic heterocycles. The number of primary amides is 1. The van der Waals surface area contributed by atoms with E-state index in [0.717, 1.165) is 0 Å². The zero-order valence-corrected chi connectivity index (χ0v) is 28.3. The molecule has 274 valence electrons. The van der Waals surface area contributed by atoms with Crippen LogP contribution in [0.15, 0.2) is 0 Å². The predicted octanol–water partition coefficient (Wildman–Crippen LogP) is -4.38. The second-order valence-electron chi connectivity index (χ2n) is 11.8. The number of hydrogen-bond acceptors (Lipinski definition) is 11. The van der Waals surface area contributed by atoms with Gasteiger partial charge >= 0.3 is 11.9 Å². The van der Waals surface area contributed by atoms with Gasteiger partial charge in [-0.2, -0.15) is 12.6 Å². The Morgan fingerprint density at radius 1 is 0.612 bits per heavy atom. The third-order valence-corrected chi connectivity index (χ3v) is 7.35. The average Bonchev–Trinajstić information content (AvgIpc) is 2.98. The maximum atomic E-state index is 13.3. The van der Waals surface area contributed by atoms with Gasteiger partial charge in [-0.1, -0.05) is 13.8 Å². The minimum Gasteiger partial charge on any atom is -0.481 e. The lowest BCUT2D eigenvalue weighted by Gasteiger charge is -2.26. The first-order valence-electron chi connectivity index (χ1n) is 15.2. The number of rotatable bonds is 10. The van der Waals surface area contributed by atoms with Crippen LogP contribution in [0.5, 0.6) is 0 Å². The van der Waals surface area contributed by atoms with Crippen molar-refractivity contribution >= 4 is 71.8 Å². The lowest BCUT2D eigenvalue weighted by molar-refractivity contribution is -0.141. The van der Waals surface area contributed by atoms with Crippen LogP contribution in [0, 0.1) is 5.92 Å². The molecule has 0 aromatic heterocycles. The van der Waals surface area contributed by atoms with Gasteiger partial charge in [-0.25, -0.2) is 0 Å². The monoisotopic (exact) mass is 716 g/mol. The fourth-order valence-corrected chi connectivity index (χ4v) is 4.65. The van der Waals surface area contributed by atoms with E-state index >= 15 is 0 Å². The quantitative estimate of drug-likeness (QED) is 0.0956. The van der Waals surface area contributed by atoms with E-state index in [-0.39, 0.29) is 18.1 Å². The number of carbonyl (C=O) groups is 10. The molecule has 0 unspecified atom stereocenters. The summed E-state index contributed by atoms with van der Waals surface area (Å²) in [5.74, 6) is -11.6. The van der Waals surface area contributed by atoms with Crippen molar-refractivity contribution in [3.63, 3.8) is 0 Å². The van der Waals surface area contributed by atoms with Gasteiger partial charge in [-0.15, -0.1) is 0 Å². The van der Waals surface area contributed by atoms with Gasteiger partial charge in [0.1, 0.15) is 42.3 Å². The Morgan fingerprint density at radius 3 is 1.43 bits per heavy atom. The molecule has 1 fully saturated rings. The Balaban J connectivity index is 3.63. The van der Waals surface area contributed by atoms with Crippen molar-refractivity contribution in [3.8, 4) is 0 Å². The van der Waals surface area contributed by atoms with Crippen molar-refractivity contribution in [3.05, 3.63) is 0 Å². The molecule has 0 saturated carbocycles. The van der Waals surface area contributed by atoms with Crippen LogP contribution in [0.3, 0.4) is 0 Å². The highest BCUT2D eigenvalue weighted by molar-refractivity contribution is 7.80. The Morgan fingerprint density at radius 2 is 1.00 bits per heavy atom. The average molecular weight is 717 g/mol. The predicted molar refractivity (Wildman–Crippen MR) is 171 cm³/mol. The highest BCUT2D eigenvalue weighted by Crippen LogP contribution is 2.08. The normalized spacial score (nSPS) is 26.8. The van der Waals surface area contributed by atoms with Crippen molar-refractivity contribution in [2.75, 3.05) is 5.75 Å². The maximum absolute atomic E-state index is 13.3. The van der Waals surface area contributed by atoms with E-state index in [2.05, 4.69) is 49.8 Å². The summed E-state index contributed by atoms with van der Waals surface area (Å²) >= 11 is 4.03. The first-order valence-corrected chi connectivity index (χ1v) is 15.8. The van der Waals surface area contributed by atoms with Crippen LogP contribution in [-0.4, -0.2) is 117 Å². The van der Waals surface area contributed by atoms with Gasteiger partial charge in [0, 0.05) is 12.2 Å². The summed E-state index contributed by atoms with van der Waals surface area (Å²) in [4.78, 5) is 126. The second kappa shape index (κ2) is 19.8. The lowest BCUT2D eigenvalue weighted by atomic mass is 10.0. The van der Waals surface area contributed by atoms with Gasteiger partial charge in [-0.3, -0.25) is 47.9 Å². The smallest absolute Gasteiger partial charge is 0.305 e. The number of carboxylic acids is 2. The zero-order valence-electron chi connectivity index (χ0n) is 27.4. The molecule has 0 aliphatic carbocycles. The summed E-state index contributed by atoms with van der Waals surface area (Å²) in [6, 6.07) is -10.6. The summed E-state index contributed by atoms with van der Waals surface area (Å²) in [6.07, 6.45) is -2.82. The molecule has 0 bridgehead atoms. The third-order valence-electron chi connectivity index (χ3n) is 6.99. The van der Waals surface area contributed by atoms with Crippen LogP contribution in [-0.2, 0) is 47.9 Å². The molecular weight excluding hydrogens is 672 g/mol. The number of nitrogens with two attached hydrogens (primary N) is 1. The fraction of sp³-hybridized carbons (Fsp3) is 0.643. The second-order valence-corrected chi connectivity index (χ2v) is 12.1. The van der Waals surface area contributed by atoms with Crippen LogP contribution in [0.1, 0.15) is 59.8 Å². The van der Waals surface area contributed by atoms with Crippen molar-refractivity contribution < 1.29 is 58.2 Å². The number of aliphatic carboxylic acids is 2. The summed E-state index contributed by atoms with van der Waals surface area (Å²) in [6.45, 7) is 5.84. The van der Waals surface area contributed by atoms with Crippen molar-refractivity contribution in [1.82, 2.24) is 37.2 Å². The van der Waals surface area contributed by atoms with Gasteiger partial charge in [-0.05, 0) is 32.6 Å². The molecule has 1 heterocycles. The van der Waals surface area contributed by atoms with Gasteiger partial charge in [0.15, 0.2) is 0 Å². The van der Waals surface area contributed by atoms with E-state index in [1.807, 2.05) is 0 Å². The van der Waals surface area contributed by atoms with Crippen molar-refractivity contribution in [2.45, 2.75) is 102 Å². The van der Waals surface area contributed by atoms with Crippen LogP contribution < -0.4 is 43.0 Å². The molecule has 0 radical (unpaired) electrons. The number of thiol groups is 1. The summed E-state index contributed by atoms with van der Waals surface area (Å²) in [5, 5.41) is 34.6. The molecule has 1 saturated heterocycles. The van der Waals surface area contributed by atoms with E-state index in [1.165, 1.54) is 13.8 Å². The van der Waals surface area contributed by atoms with Gasteiger partial charge < -0.3 is 53.2 Å². The van der Waals surface area contributed by atoms with Crippen LogP contribution in [0.2, 0.25) is 0 Å². The Labute approximate surface area is 286 Å². The summed E-state index contributed by atoms with van der Waals surface area (Å²) in [5.41, 5.74) is 5.26. The lowest BCUT2D eigenvalue weighted by Crippen LogP contribution is -2.59. The number of nitrogens with one attached hydrogen (secondary N) is 7. The number of amides is 8. The molecule has 1 aliphatic rings. The highest BCUT2D eigenvalue weighted by atomic mass is 32.1. The van der Waals surface area contributed by atoms with E-state index in [0.29, 0.717) is 0 Å². The van der Waals surface area contributed by atoms with Crippen LogP contribution in [0.25, 0.3) is 0 Å². The van der Waals surface area contributed by atoms with Crippen LogP contribution in [0.4, 0.5) is 0 Å². The Kier molecular flexibility index (Phi) is 17.0. The topological polar surface area (TPSA) is 321 Å². The first-order chi connectivity index (χ1) is 22.7. The van der Waals surface area contributed by atoms with E-state index < -0.39 is 127 Å². The molecule has 1 rings (SSSR count). The fourth-order valence-electron chi connectivity index (χ4n) is 4.40. The van der Waals surface area contributed by atoms with Crippen molar-refractivity contribution in [2.24, 2.45) is 11.7 Å². The van der Waals surface area contributed by atoms with Crippen molar-refractivity contribution in [1.29, 1.82) is 0 Å². The van der Waals surface area contributed by atoms with Gasteiger partial charge in [0.05, 0.1) is 12.8 Å². The van der Waals surface area contributed by atoms with Crippen LogP contribution >= 0.6 is 12.6 Å². The largest absolute Gasteiger partial charge is 0.481 e. The third kappa shape index (κ3) is 14.8. The zero-order chi connectivity index (χ0) is 37.6. The molecule has 0 aromatic rings. The molecule has 0 aromatic carbocycles. The minimum absolute atomic E-state index is 0.00267. The van der Waals surface area contributed by atoms with E-state index in [4.69, 9.17) is 5.73 Å². The molecular formula is C28H44N8O12S. The standard InChI is InChI=1S/C28H44N8O12S/c1-11(2)7-15-27(47)35-17(9-21(40)41)26(46)31-13(4)23(43)36-18(10-49)28(48)32-14(5-6-20(38)39)24(44)34-16(8-19(29)37)25(45)30-12(3)22(42)33-15/h11-18,49H,5-10H2,1-4H3,(H2,29,37)(H,30,45)(H,31,46)(H,32,48)(H,33,42)(H,34,44)(H,35,47)(H,36,43)(H,38,39)(H,40,41)/t12-,13+,14-,15+,16+,17-,18+/m1/s1. The molecule has 21 heteroatoms. The highest BCUT2D eigenvalue weighted by Gasteiger charge is 2.35. The minimum atomic E-state index is -1.72. The molecule has 11 N–H and O–H groups in total. The van der Waals surface area contributed by atoms with Gasteiger partial charge in [0.25, 0.3) is 0 Å². The van der Waals surface area contributed by atoms with Gasteiger partial charge in [0.2, 0.25) is 47.3 Å². The number of hydrogen-bond donors (Lipinski definition) is 11. The Hall–Kier alpha value is -4.95. The first kappa shape index (κ1) is 42.1. The van der Waals surface area contributed by atoms with E-state index in [9.17, 15) is 58.2 Å². The maximum Gasteiger partial charge on any atom is 0.305 e. The number of carbonyl (C=O) groups excluding carboxylic acids is 8. The Bertz CT molecular complexity index is 1310. The summed E-state index contributed by atoms with van der Waals surface area (Å²) in [7, 11) is 0. The SMILES string of the molecule is CC(C)C[C@@H]1NC(=O)[C@@H](C)NC(=O)[C@H](CC(N)=O)NC(=O)[C@@H](CCC(=O)O)NC(=O)[C@H](CS)NC(=O)[C@H](C)NC(=O)[C@@H](CC(=O)O)NC1=O.